The van der Waals surface area contributed by atoms with E-state index in [1.807, 2.05) is 44.2 Å². The number of benzene rings is 2. The molecule has 4 aromatic rings. The number of halogens is 1. The van der Waals surface area contributed by atoms with Gasteiger partial charge in [-0.25, -0.2) is 19.3 Å². The number of nitrogens with zero attached hydrogens (tertiary/aromatic N) is 5. The third-order valence-corrected chi connectivity index (χ3v) is 8.75. The molecule has 9 nitrogen and oxygen atoms in total. The van der Waals surface area contributed by atoms with Crippen LogP contribution >= 0.6 is 11.9 Å². The van der Waals surface area contributed by atoms with Crippen molar-refractivity contribution >= 4 is 23.8 Å². The number of aryl methyl sites for hydroxylation is 2. The number of alkyl halides is 1. The predicted octanol–water partition coefficient (Wildman–Crippen LogP) is 7.14. The van der Waals surface area contributed by atoms with E-state index >= 15 is 4.39 Å². The van der Waals surface area contributed by atoms with Crippen LogP contribution in [0.3, 0.4) is 0 Å². The number of fused-ring (bicyclic) bond motifs is 4. The molecule has 2 aromatic heterocycles. The highest BCUT2D eigenvalue weighted by Crippen LogP contribution is 2.32. The van der Waals surface area contributed by atoms with Crippen LogP contribution in [0.2, 0.25) is 0 Å². The number of ether oxygens (including phenoxy) is 2. The van der Waals surface area contributed by atoms with Crippen LogP contribution in [-0.4, -0.2) is 55.2 Å². The standard InChI is InChI=1S/C34H37FN6O3S/c1-21-8-5-9-22(2)31(21)28-15-30-39-33(38-28)40-45-27-13-6-10-23(14-27)32(42)41(24(20-43-30)16-34(3,4)35)19-29-36-17-26(18-37-29)44-25-11-7-12-25/h5-6,8-10,13-15,17-18,24-25H,7,11-12,16,19-20H2,1-4H3,(H,38,39,40)/t24-/m1/s1. The minimum atomic E-state index is -1.60. The highest BCUT2D eigenvalue weighted by Gasteiger charge is 2.33. The van der Waals surface area contributed by atoms with Crippen molar-refractivity contribution in [3.8, 4) is 22.9 Å². The summed E-state index contributed by atoms with van der Waals surface area (Å²) in [5.41, 5.74) is 2.70. The van der Waals surface area contributed by atoms with Crippen LogP contribution in [0.1, 0.15) is 66.8 Å². The number of rotatable bonds is 7. The number of nitrogens with one attached hydrogen (secondary N) is 1. The molecule has 1 aliphatic heterocycles. The van der Waals surface area contributed by atoms with Gasteiger partial charge in [0.2, 0.25) is 11.8 Å². The zero-order valence-electron chi connectivity index (χ0n) is 25.9. The normalized spacial score (nSPS) is 17.2. The predicted molar refractivity (Wildman–Crippen MR) is 172 cm³/mol. The molecule has 0 unspecified atom stereocenters. The number of carbonyl (C=O) groups is 1. The van der Waals surface area contributed by atoms with Crippen molar-refractivity contribution in [1.82, 2.24) is 24.8 Å². The van der Waals surface area contributed by atoms with Crippen molar-refractivity contribution < 1.29 is 18.7 Å². The van der Waals surface area contributed by atoms with E-state index in [-0.39, 0.29) is 31.6 Å². The van der Waals surface area contributed by atoms with E-state index in [0.717, 1.165) is 40.8 Å². The average Bonchev–Trinajstić information content (AvgIpc) is 2.98. The molecule has 4 bridgehead atoms. The number of hydrogen-bond donors (Lipinski definition) is 1. The lowest BCUT2D eigenvalue weighted by atomic mass is 9.96. The highest BCUT2D eigenvalue weighted by atomic mass is 32.2. The fraction of sp³-hybridized carbons (Fsp3) is 0.382. The van der Waals surface area contributed by atoms with Gasteiger partial charge in [-0.05, 0) is 88.2 Å². The van der Waals surface area contributed by atoms with Gasteiger partial charge in [0.25, 0.3) is 5.91 Å². The van der Waals surface area contributed by atoms with E-state index < -0.39 is 11.7 Å². The van der Waals surface area contributed by atoms with E-state index in [9.17, 15) is 4.79 Å². The second kappa shape index (κ2) is 13.0. The summed E-state index contributed by atoms with van der Waals surface area (Å²) in [6.07, 6.45) is 6.71. The Morgan fingerprint density at radius 3 is 2.49 bits per heavy atom. The Balaban J connectivity index is 1.38. The van der Waals surface area contributed by atoms with E-state index in [4.69, 9.17) is 14.5 Å². The Kier molecular flexibility index (Phi) is 8.89. The van der Waals surface area contributed by atoms with Crippen molar-refractivity contribution in [2.45, 2.75) is 82.6 Å². The molecule has 3 heterocycles. The van der Waals surface area contributed by atoms with Gasteiger partial charge in [-0.15, -0.1) is 0 Å². The summed E-state index contributed by atoms with van der Waals surface area (Å²) in [5, 5.41) is 0. The molecule has 1 saturated carbocycles. The molecule has 1 atom stereocenters. The third kappa shape index (κ3) is 7.53. The minimum absolute atomic E-state index is 0.00253. The first-order valence-corrected chi connectivity index (χ1v) is 16.0. The number of aromatic nitrogens is 4. The minimum Gasteiger partial charge on any atom is -0.487 e. The molecular formula is C34H37FN6O3S. The summed E-state index contributed by atoms with van der Waals surface area (Å²) in [6.45, 7) is 7.14. The van der Waals surface area contributed by atoms with Crippen LogP contribution in [0.4, 0.5) is 10.3 Å². The molecule has 0 radical (unpaired) electrons. The number of hydrogen-bond acceptors (Lipinski definition) is 9. The summed E-state index contributed by atoms with van der Waals surface area (Å²) in [7, 11) is 0. The molecule has 0 spiro atoms. The Morgan fingerprint density at radius 2 is 1.80 bits per heavy atom. The Hall–Kier alpha value is -4.25. The monoisotopic (exact) mass is 628 g/mol. The van der Waals surface area contributed by atoms with Crippen molar-refractivity contribution in [3.63, 3.8) is 0 Å². The molecule has 234 valence electrons. The molecule has 1 aliphatic carbocycles. The summed E-state index contributed by atoms with van der Waals surface area (Å²) in [4.78, 5) is 35.0. The van der Waals surface area contributed by atoms with Crippen LogP contribution in [0, 0.1) is 13.8 Å². The van der Waals surface area contributed by atoms with Gasteiger partial charge in [-0.1, -0.05) is 24.3 Å². The molecule has 1 fully saturated rings. The molecule has 2 aromatic carbocycles. The Labute approximate surface area is 267 Å². The fourth-order valence-electron chi connectivity index (χ4n) is 5.54. The van der Waals surface area contributed by atoms with Gasteiger partial charge >= 0.3 is 0 Å². The second-order valence-corrected chi connectivity index (χ2v) is 13.1. The molecule has 45 heavy (non-hydrogen) atoms. The average molecular weight is 629 g/mol. The van der Waals surface area contributed by atoms with Gasteiger partial charge < -0.3 is 14.4 Å². The third-order valence-electron chi connectivity index (χ3n) is 7.98. The molecule has 0 saturated heterocycles. The van der Waals surface area contributed by atoms with E-state index in [0.29, 0.717) is 34.7 Å². The van der Waals surface area contributed by atoms with Crippen LogP contribution in [0.15, 0.2) is 65.8 Å². The zero-order chi connectivity index (χ0) is 31.6. The smallest absolute Gasteiger partial charge is 0.254 e. The topological polar surface area (TPSA) is 102 Å². The van der Waals surface area contributed by atoms with Gasteiger partial charge in [0.1, 0.15) is 18.1 Å². The van der Waals surface area contributed by atoms with Gasteiger partial charge in [0, 0.05) is 28.5 Å². The maximum atomic E-state index is 15.4. The van der Waals surface area contributed by atoms with E-state index in [2.05, 4.69) is 19.7 Å². The van der Waals surface area contributed by atoms with Crippen LogP contribution in [0.25, 0.3) is 11.3 Å². The molecule has 11 heteroatoms. The lowest BCUT2D eigenvalue weighted by Gasteiger charge is -2.34. The molecular weight excluding hydrogens is 591 g/mol. The summed E-state index contributed by atoms with van der Waals surface area (Å²) in [5.74, 6) is 1.43. The van der Waals surface area contributed by atoms with Crippen molar-refractivity contribution in [2.24, 2.45) is 0 Å². The summed E-state index contributed by atoms with van der Waals surface area (Å²) >= 11 is 1.30. The highest BCUT2D eigenvalue weighted by molar-refractivity contribution is 8.00. The first kappa shape index (κ1) is 30.8. The lowest BCUT2D eigenvalue weighted by Crippen LogP contribution is -2.46. The molecule has 2 aliphatic rings. The summed E-state index contributed by atoms with van der Waals surface area (Å²) in [6, 6.07) is 14.5. The lowest BCUT2D eigenvalue weighted by molar-refractivity contribution is 0.0445. The van der Waals surface area contributed by atoms with Crippen LogP contribution in [0.5, 0.6) is 11.6 Å². The van der Waals surface area contributed by atoms with Crippen molar-refractivity contribution in [2.75, 3.05) is 11.3 Å². The maximum Gasteiger partial charge on any atom is 0.254 e. The zero-order valence-corrected chi connectivity index (χ0v) is 26.7. The Morgan fingerprint density at radius 1 is 1.07 bits per heavy atom. The first-order chi connectivity index (χ1) is 21.6. The largest absolute Gasteiger partial charge is 0.487 e. The van der Waals surface area contributed by atoms with Gasteiger partial charge in [-0.3, -0.25) is 9.52 Å². The Bertz CT molecular complexity index is 1660. The van der Waals surface area contributed by atoms with Gasteiger partial charge in [-0.2, -0.15) is 4.98 Å². The van der Waals surface area contributed by atoms with Crippen molar-refractivity contribution in [3.05, 3.63) is 83.4 Å². The number of amides is 1. The van der Waals surface area contributed by atoms with E-state index in [1.54, 1.807) is 35.5 Å². The number of carbonyl (C=O) groups excluding carboxylic acids is 1. The number of anilines is 1. The molecule has 1 amide bonds. The first-order valence-electron chi connectivity index (χ1n) is 15.2. The second-order valence-electron chi connectivity index (χ2n) is 12.2. The fourth-order valence-corrected chi connectivity index (χ4v) is 6.17. The van der Waals surface area contributed by atoms with Crippen LogP contribution in [-0.2, 0) is 6.54 Å². The van der Waals surface area contributed by atoms with Gasteiger partial charge in [0.15, 0.2) is 5.75 Å². The SMILES string of the molecule is Cc1cccc(C)c1-c1cc2nc(n1)NSc1cccc(c1)C(=O)N(Cc1ncc(OC3CCC3)cn1)[C@H](CC(C)(C)F)CO2. The van der Waals surface area contributed by atoms with Crippen molar-refractivity contribution in [1.29, 1.82) is 0 Å². The summed E-state index contributed by atoms with van der Waals surface area (Å²) < 4.78 is 30.8. The van der Waals surface area contributed by atoms with Gasteiger partial charge in [0.05, 0.1) is 36.8 Å². The molecule has 1 N–H and O–H groups in total. The van der Waals surface area contributed by atoms with E-state index in [1.165, 1.54) is 25.8 Å². The molecule has 6 rings (SSSR count). The van der Waals surface area contributed by atoms with Crippen LogP contribution < -0.4 is 14.2 Å². The quantitative estimate of drug-likeness (QED) is 0.214. The maximum absolute atomic E-state index is 15.4.